The number of hydrogen-bond acceptors (Lipinski definition) is 3. The van der Waals surface area contributed by atoms with Gasteiger partial charge in [-0.2, -0.15) is 0 Å². The van der Waals surface area contributed by atoms with Gasteiger partial charge in [0.05, 0.1) is 6.10 Å². The highest BCUT2D eigenvalue weighted by molar-refractivity contribution is 6.05. The van der Waals surface area contributed by atoms with Crippen LogP contribution >= 0.6 is 0 Å². The van der Waals surface area contributed by atoms with E-state index in [1.807, 2.05) is 0 Å². The molecule has 0 saturated carbocycles. The molecular formula is C17H18N2O3. The second kappa shape index (κ2) is 6.87. The van der Waals surface area contributed by atoms with Crippen molar-refractivity contribution in [1.82, 2.24) is 0 Å². The van der Waals surface area contributed by atoms with Gasteiger partial charge in [-0.15, -0.1) is 0 Å². The molecule has 5 heteroatoms. The largest absolute Gasteiger partial charge is 0.389 e. The number of carbonyl (C=O) groups is 2. The van der Waals surface area contributed by atoms with E-state index < -0.39 is 6.10 Å². The molecular weight excluding hydrogens is 280 g/mol. The number of carbonyl (C=O) groups excluding carboxylic acids is 2. The number of benzene rings is 2. The van der Waals surface area contributed by atoms with Crippen LogP contribution in [-0.4, -0.2) is 16.9 Å². The molecule has 0 aliphatic rings. The number of nitrogens with one attached hydrogen (secondary N) is 2. The molecule has 1 unspecified atom stereocenters. The Morgan fingerprint density at radius 1 is 1.00 bits per heavy atom. The summed E-state index contributed by atoms with van der Waals surface area (Å²) in [6.45, 7) is 3.07. The lowest BCUT2D eigenvalue weighted by molar-refractivity contribution is -0.114. The molecule has 0 aliphatic carbocycles. The molecule has 0 saturated heterocycles. The first-order valence-corrected chi connectivity index (χ1v) is 6.93. The SMILES string of the molecule is CC(=O)Nc1ccc(C(=O)Nc2ccccc2C(C)O)cc1. The summed E-state index contributed by atoms with van der Waals surface area (Å²) in [5.74, 6) is -0.439. The highest BCUT2D eigenvalue weighted by Gasteiger charge is 2.11. The number of rotatable bonds is 4. The molecule has 0 spiro atoms. The molecule has 1 atom stereocenters. The molecule has 0 aliphatic heterocycles. The van der Waals surface area contributed by atoms with Gasteiger partial charge < -0.3 is 15.7 Å². The molecule has 5 nitrogen and oxygen atoms in total. The van der Waals surface area contributed by atoms with Crippen molar-refractivity contribution in [2.75, 3.05) is 10.6 Å². The molecule has 0 heterocycles. The average Bonchev–Trinajstić information content (AvgIpc) is 2.47. The Balaban J connectivity index is 2.14. The fourth-order valence-corrected chi connectivity index (χ4v) is 2.08. The minimum Gasteiger partial charge on any atom is -0.389 e. The molecule has 2 aromatic rings. The van der Waals surface area contributed by atoms with E-state index in [0.717, 1.165) is 0 Å². The van der Waals surface area contributed by atoms with Crippen molar-refractivity contribution in [3.8, 4) is 0 Å². The van der Waals surface area contributed by atoms with Crippen LogP contribution in [0.2, 0.25) is 0 Å². The van der Waals surface area contributed by atoms with Crippen molar-refractivity contribution in [3.05, 3.63) is 59.7 Å². The van der Waals surface area contributed by atoms with Crippen molar-refractivity contribution in [3.63, 3.8) is 0 Å². The minimum absolute atomic E-state index is 0.164. The summed E-state index contributed by atoms with van der Waals surface area (Å²) in [4.78, 5) is 23.2. The third kappa shape index (κ3) is 3.93. The Morgan fingerprint density at radius 2 is 1.64 bits per heavy atom. The van der Waals surface area contributed by atoms with E-state index in [0.29, 0.717) is 22.5 Å². The summed E-state index contributed by atoms with van der Waals surface area (Å²) in [5.41, 5.74) is 2.34. The standard InChI is InChI=1S/C17H18N2O3/c1-11(20)15-5-3-4-6-16(15)19-17(22)13-7-9-14(10-8-13)18-12(2)21/h3-11,20H,1-2H3,(H,18,21)(H,19,22). The van der Waals surface area contributed by atoms with Gasteiger partial charge in [-0.3, -0.25) is 9.59 Å². The van der Waals surface area contributed by atoms with Crippen LogP contribution in [0.15, 0.2) is 48.5 Å². The van der Waals surface area contributed by atoms with E-state index in [1.54, 1.807) is 55.5 Å². The first kappa shape index (κ1) is 15.7. The zero-order valence-corrected chi connectivity index (χ0v) is 12.5. The van der Waals surface area contributed by atoms with Gasteiger partial charge in [-0.1, -0.05) is 18.2 Å². The van der Waals surface area contributed by atoms with Crippen LogP contribution < -0.4 is 10.6 Å². The summed E-state index contributed by atoms with van der Waals surface area (Å²) in [6.07, 6.45) is -0.668. The van der Waals surface area contributed by atoms with E-state index in [4.69, 9.17) is 0 Å². The van der Waals surface area contributed by atoms with Crippen molar-refractivity contribution in [2.24, 2.45) is 0 Å². The zero-order valence-electron chi connectivity index (χ0n) is 12.5. The lowest BCUT2D eigenvalue weighted by Crippen LogP contribution is -2.14. The Kier molecular flexibility index (Phi) is 4.91. The van der Waals surface area contributed by atoms with E-state index in [-0.39, 0.29) is 11.8 Å². The first-order valence-electron chi connectivity index (χ1n) is 6.93. The molecule has 22 heavy (non-hydrogen) atoms. The smallest absolute Gasteiger partial charge is 0.255 e. The first-order chi connectivity index (χ1) is 10.5. The number of anilines is 2. The van der Waals surface area contributed by atoms with Gasteiger partial charge in [0.25, 0.3) is 5.91 Å². The predicted octanol–water partition coefficient (Wildman–Crippen LogP) is 2.95. The van der Waals surface area contributed by atoms with Gasteiger partial charge in [0.15, 0.2) is 0 Å². The number of amides is 2. The van der Waals surface area contributed by atoms with Crippen LogP contribution in [-0.2, 0) is 4.79 Å². The average molecular weight is 298 g/mol. The van der Waals surface area contributed by atoms with E-state index in [1.165, 1.54) is 6.92 Å². The van der Waals surface area contributed by atoms with E-state index in [9.17, 15) is 14.7 Å². The molecule has 0 radical (unpaired) electrons. The number of para-hydroxylation sites is 1. The lowest BCUT2D eigenvalue weighted by atomic mass is 10.1. The fourth-order valence-electron chi connectivity index (χ4n) is 2.08. The second-order valence-electron chi connectivity index (χ2n) is 4.98. The van der Waals surface area contributed by atoms with Gasteiger partial charge in [0.1, 0.15) is 0 Å². The fraction of sp³-hybridized carbons (Fsp3) is 0.176. The molecule has 3 N–H and O–H groups in total. The zero-order chi connectivity index (χ0) is 16.1. The Hall–Kier alpha value is -2.66. The number of aliphatic hydroxyl groups is 1. The summed E-state index contributed by atoms with van der Waals surface area (Å²) < 4.78 is 0. The van der Waals surface area contributed by atoms with Gasteiger partial charge >= 0.3 is 0 Å². The van der Waals surface area contributed by atoms with Gasteiger partial charge in [-0.05, 0) is 37.3 Å². The van der Waals surface area contributed by atoms with Gasteiger partial charge in [-0.25, -0.2) is 0 Å². The quantitative estimate of drug-likeness (QED) is 0.812. The number of aliphatic hydroxyl groups excluding tert-OH is 1. The van der Waals surface area contributed by atoms with Crippen LogP contribution in [0.5, 0.6) is 0 Å². The predicted molar refractivity (Wildman–Crippen MR) is 85.8 cm³/mol. The van der Waals surface area contributed by atoms with Gasteiger partial charge in [0, 0.05) is 29.4 Å². The Bertz CT molecular complexity index is 679. The highest BCUT2D eigenvalue weighted by atomic mass is 16.3. The third-order valence-corrected chi connectivity index (χ3v) is 3.13. The second-order valence-corrected chi connectivity index (χ2v) is 4.98. The van der Waals surface area contributed by atoms with Crippen LogP contribution in [0.25, 0.3) is 0 Å². The molecule has 2 amide bonds. The van der Waals surface area contributed by atoms with E-state index >= 15 is 0 Å². The monoisotopic (exact) mass is 298 g/mol. The Morgan fingerprint density at radius 3 is 2.23 bits per heavy atom. The lowest BCUT2D eigenvalue weighted by Gasteiger charge is -2.13. The number of hydrogen-bond donors (Lipinski definition) is 3. The van der Waals surface area contributed by atoms with Crippen LogP contribution in [0, 0.1) is 0 Å². The minimum atomic E-state index is -0.668. The van der Waals surface area contributed by atoms with Crippen molar-refractivity contribution in [2.45, 2.75) is 20.0 Å². The highest BCUT2D eigenvalue weighted by Crippen LogP contribution is 2.23. The molecule has 0 bridgehead atoms. The van der Waals surface area contributed by atoms with Crippen LogP contribution in [0.1, 0.15) is 35.9 Å². The van der Waals surface area contributed by atoms with Crippen molar-refractivity contribution < 1.29 is 14.7 Å². The molecule has 114 valence electrons. The summed E-state index contributed by atoms with van der Waals surface area (Å²) in [5, 5.41) is 15.1. The topological polar surface area (TPSA) is 78.4 Å². The molecule has 2 rings (SSSR count). The summed E-state index contributed by atoms with van der Waals surface area (Å²) >= 11 is 0. The van der Waals surface area contributed by atoms with E-state index in [2.05, 4.69) is 10.6 Å². The van der Waals surface area contributed by atoms with Gasteiger partial charge in [0.2, 0.25) is 5.91 Å². The molecule has 2 aromatic carbocycles. The summed E-state index contributed by atoms with van der Waals surface area (Å²) in [7, 11) is 0. The van der Waals surface area contributed by atoms with Crippen LogP contribution in [0.4, 0.5) is 11.4 Å². The molecule has 0 fully saturated rings. The van der Waals surface area contributed by atoms with Crippen LogP contribution in [0.3, 0.4) is 0 Å². The van der Waals surface area contributed by atoms with Crippen molar-refractivity contribution >= 4 is 23.2 Å². The molecule has 0 aromatic heterocycles. The van der Waals surface area contributed by atoms with Crippen molar-refractivity contribution in [1.29, 1.82) is 0 Å². The Labute approximate surface area is 129 Å². The normalized spacial score (nSPS) is 11.6. The maximum atomic E-state index is 12.2. The maximum Gasteiger partial charge on any atom is 0.255 e. The summed E-state index contributed by atoms with van der Waals surface area (Å²) in [6, 6.07) is 13.7. The maximum absolute atomic E-state index is 12.2. The third-order valence-electron chi connectivity index (χ3n) is 3.13.